The number of carboxylic acid groups (broad SMARTS) is 2. The smallest absolute Gasteiger partial charge is 0.472 e. The molecule has 0 spiro atoms. The van der Waals surface area contributed by atoms with Crippen LogP contribution < -0.4 is 0 Å². The van der Waals surface area contributed by atoms with Crippen molar-refractivity contribution >= 4 is 38.6 Å². The molecular formula is C30H40N3O11P. The highest BCUT2D eigenvalue weighted by atomic mass is 31.2. The molecule has 0 saturated heterocycles. The molecule has 0 aromatic heterocycles. The fraction of sp³-hybridized carbons (Fsp3) is 0.433. The molecule has 3 N–H and O–H groups in total. The molecule has 0 saturated carbocycles. The Morgan fingerprint density at radius 3 is 1.64 bits per heavy atom. The number of carboxylic acids is 2. The number of hydrogen-bond acceptors (Lipinski definition) is 11. The van der Waals surface area contributed by atoms with E-state index in [9.17, 15) is 43.6 Å². The van der Waals surface area contributed by atoms with E-state index in [-0.39, 0.29) is 52.1 Å². The number of aldehydes is 3. The third-order valence-corrected chi connectivity index (χ3v) is 7.76. The van der Waals surface area contributed by atoms with Crippen molar-refractivity contribution in [3.8, 4) is 0 Å². The number of hydrogen-bond donors (Lipinski definition) is 3. The summed E-state index contributed by atoms with van der Waals surface area (Å²) in [6.07, 6.45) is 1.59. The average Bonchev–Trinajstić information content (AvgIpc) is 2.98. The second kappa shape index (κ2) is 20.4. The van der Waals surface area contributed by atoms with E-state index in [1.807, 2.05) is 60.7 Å². The standard InChI is InChI=1S/C30H40N3O11P/c34-16-13-31(14-17-35)11-12-32(15-18-36)21-27(33(22-29(37)38)23-30(39)40)24-43-45(41,42)44-28(19-25-7-3-1-4-8-25)20-26-9-5-2-6-10-26/h1-10,16-18,27-28H,11-15,19-24H2,(H,37,38)(H,39,40)(H,41,42). The Hall–Kier alpha value is -3.62. The summed E-state index contributed by atoms with van der Waals surface area (Å²) in [4.78, 5) is 71.5. The van der Waals surface area contributed by atoms with E-state index in [0.29, 0.717) is 18.9 Å². The summed E-state index contributed by atoms with van der Waals surface area (Å²) in [5.74, 6) is -2.69. The topological polar surface area (TPSA) is 191 Å². The van der Waals surface area contributed by atoms with Gasteiger partial charge in [0.15, 0.2) is 0 Å². The number of nitrogens with zero attached hydrogens (tertiary/aromatic N) is 3. The van der Waals surface area contributed by atoms with E-state index >= 15 is 0 Å². The molecule has 0 bridgehead atoms. The lowest BCUT2D eigenvalue weighted by Crippen LogP contribution is -2.51. The zero-order valence-corrected chi connectivity index (χ0v) is 25.7. The van der Waals surface area contributed by atoms with E-state index in [1.54, 1.807) is 0 Å². The van der Waals surface area contributed by atoms with Crippen LogP contribution in [0.4, 0.5) is 0 Å². The average molecular weight is 650 g/mol. The van der Waals surface area contributed by atoms with Gasteiger partial charge in [-0.25, -0.2) is 4.57 Å². The van der Waals surface area contributed by atoms with Gasteiger partial charge < -0.3 is 29.5 Å². The molecule has 2 aromatic rings. The summed E-state index contributed by atoms with van der Waals surface area (Å²) in [6.45, 7) is -2.16. The number of aliphatic carboxylic acids is 2. The van der Waals surface area contributed by atoms with Crippen molar-refractivity contribution in [1.82, 2.24) is 14.7 Å². The molecule has 0 amide bonds. The predicted octanol–water partition coefficient (Wildman–Crippen LogP) is 1.01. The fourth-order valence-electron chi connectivity index (χ4n) is 4.65. The third-order valence-electron chi connectivity index (χ3n) is 6.72. The molecule has 0 aliphatic heterocycles. The normalized spacial score (nSPS) is 13.5. The van der Waals surface area contributed by atoms with Crippen molar-refractivity contribution < 1.29 is 52.7 Å². The number of phosphoric ester groups is 1. The van der Waals surface area contributed by atoms with Crippen LogP contribution >= 0.6 is 7.82 Å². The van der Waals surface area contributed by atoms with E-state index in [4.69, 9.17) is 9.05 Å². The molecule has 2 atom stereocenters. The van der Waals surface area contributed by atoms with Gasteiger partial charge in [-0.05, 0) is 24.0 Å². The maximum Gasteiger partial charge on any atom is 0.472 e. The first kappa shape index (κ1) is 37.6. The van der Waals surface area contributed by atoms with Crippen LogP contribution in [0.15, 0.2) is 60.7 Å². The summed E-state index contributed by atoms with van der Waals surface area (Å²) in [7, 11) is -4.79. The maximum atomic E-state index is 13.3. The highest BCUT2D eigenvalue weighted by Gasteiger charge is 2.32. The molecule has 0 fully saturated rings. The minimum Gasteiger partial charge on any atom is -0.480 e. The summed E-state index contributed by atoms with van der Waals surface area (Å²) in [5, 5.41) is 18.9. The molecule has 0 aliphatic carbocycles. The summed E-state index contributed by atoms with van der Waals surface area (Å²) in [5.41, 5.74) is 1.71. The summed E-state index contributed by atoms with van der Waals surface area (Å²) >= 11 is 0. The van der Waals surface area contributed by atoms with Crippen molar-refractivity contribution in [3.63, 3.8) is 0 Å². The molecule has 2 rings (SSSR count). The van der Waals surface area contributed by atoms with Gasteiger partial charge in [-0.2, -0.15) is 0 Å². The van der Waals surface area contributed by atoms with Crippen molar-refractivity contribution in [3.05, 3.63) is 71.8 Å². The zero-order chi connectivity index (χ0) is 33.1. The van der Waals surface area contributed by atoms with Gasteiger partial charge in [-0.3, -0.25) is 33.3 Å². The first-order valence-corrected chi connectivity index (χ1v) is 15.7. The Kier molecular flexibility index (Phi) is 17.0. The van der Waals surface area contributed by atoms with E-state index < -0.39 is 51.6 Å². The monoisotopic (exact) mass is 649 g/mol. The first-order chi connectivity index (χ1) is 21.5. The van der Waals surface area contributed by atoms with Gasteiger partial charge in [0.1, 0.15) is 18.9 Å². The van der Waals surface area contributed by atoms with Gasteiger partial charge in [0, 0.05) is 25.7 Å². The summed E-state index contributed by atoms with van der Waals surface area (Å²) < 4.78 is 24.2. The van der Waals surface area contributed by atoms with Crippen LogP contribution in [-0.4, -0.2) is 132 Å². The first-order valence-electron chi connectivity index (χ1n) is 14.2. The van der Waals surface area contributed by atoms with Gasteiger partial charge in [-0.1, -0.05) is 60.7 Å². The minimum absolute atomic E-state index is 0.0392. The second-order valence-corrected chi connectivity index (χ2v) is 11.6. The van der Waals surface area contributed by atoms with Crippen LogP contribution in [0.3, 0.4) is 0 Å². The molecule has 45 heavy (non-hydrogen) atoms. The van der Waals surface area contributed by atoms with Gasteiger partial charge in [0.25, 0.3) is 0 Å². The number of benzene rings is 2. The highest BCUT2D eigenvalue weighted by Crippen LogP contribution is 2.45. The SMILES string of the molecule is O=CCN(CC=O)CCN(CC=O)CC(COP(=O)(O)OC(Cc1ccccc1)Cc1ccccc1)N(CC(=O)O)CC(=O)O. The Balaban J connectivity index is 2.26. The van der Waals surface area contributed by atoms with E-state index in [2.05, 4.69) is 0 Å². The van der Waals surface area contributed by atoms with Crippen LogP contribution in [0, 0.1) is 0 Å². The van der Waals surface area contributed by atoms with Crippen molar-refractivity contribution in [1.29, 1.82) is 0 Å². The number of carbonyl (C=O) groups excluding carboxylic acids is 3. The van der Waals surface area contributed by atoms with Gasteiger partial charge >= 0.3 is 19.8 Å². The highest BCUT2D eigenvalue weighted by molar-refractivity contribution is 7.47. The molecular weight excluding hydrogens is 609 g/mol. The van der Waals surface area contributed by atoms with E-state index in [0.717, 1.165) is 16.0 Å². The zero-order valence-electron chi connectivity index (χ0n) is 24.8. The Morgan fingerprint density at radius 2 is 1.20 bits per heavy atom. The Bertz CT molecular complexity index is 1180. The van der Waals surface area contributed by atoms with Crippen LogP contribution in [0.2, 0.25) is 0 Å². The van der Waals surface area contributed by atoms with Crippen molar-refractivity contribution in [2.24, 2.45) is 0 Å². The van der Waals surface area contributed by atoms with Crippen molar-refractivity contribution in [2.75, 3.05) is 59.0 Å². The number of phosphoric acid groups is 1. The lowest BCUT2D eigenvalue weighted by molar-refractivity contribution is -0.143. The van der Waals surface area contributed by atoms with Gasteiger partial charge in [-0.15, -0.1) is 0 Å². The van der Waals surface area contributed by atoms with Crippen molar-refractivity contribution in [2.45, 2.75) is 25.0 Å². The van der Waals surface area contributed by atoms with Crippen LogP contribution in [0.5, 0.6) is 0 Å². The molecule has 0 radical (unpaired) electrons. The quantitative estimate of drug-likeness (QED) is 0.102. The van der Waals surface area contributed by atoms with Gasteiger partial charge in [0.2, 0.25) is 0 Å². The number of rotatable bonds is 25. The van der Waals surface area contributed by atoms with Crippen LogP contribution in [0.1, 0.15) is 11.1 Å². The fourth-order valence-corrected chi connectivity index (χ4v) is 5.59. The Labute approximate surface area is 261 Å². The lowest BCUT2D eigenvalue weighted by Gasteiger charge is -2.34. The molecule has 246 valence electrons. The molecule has 0 heterocycles. The number of carbonyl (C=O) groups is 5. The molecule has 2 unspecified atom stereocenters. The Morgan fingerprint density at radius 1 is 0.756 bits per heavy atom. The van der Waals surface area contributed by atoms with E-state index in [1.165, 1.54) is 9.80 Å². The molecule has 2 aromatic carbocycles. The largest absolute Gasteiger partial charge is 0.480 e. The maximum absolute atomic E-state index is 13.3. The molecule has 14 nitrogen and oxygen atoms in total. The van der Waals surface area contributed by atoms with Crippen LogP contribution in [0.25, 0.3) is 0 Å². The lowest BCUT2D eigenvalue weighted by atomic mass is 10.0. The van der Waals surface area contributed by atoms with Gasteiger partial charge in [0.05, 0.1) is 45.4 Å². The van der Waals surface area contributed by atoms with Crippen LogP contribution in [-0.2, 0) is 50.4 Å². The third kappa shape index (κ3) is 15.8. The predicted molar refractivity (Wildman–Crippen MR) is 163 cm³/mol. The molecule has 0 aliphatic rings. The summed E-state index contributed by atoms with van der Waals surface area (Å²) in [6, 6.07) is 17.3. The molecule has 15 heteroatoms. The minimum atomic E-state index is -4.79. The second-order valence-electron chi connectivity index (χ2n) is 10.2.